The lowest BCUT2D eigenvalue weighted by Gasteiger charge is -1.98. The van der Waals surface area contributed by atoms with Crippen molar-refractivity contribution >= 4 is 28.6 Å². The first kappa shape index (κ1) is 12.0. The van der Waals surface area contributed by atoms with Crippen molar-refractivity contribution in [2.45, 2.75) is 20.3 Å². The molecule has 1 N–H and O–H groups in total. The minimum Gasteiger partial charge on any atom is -0.302 e. The third kappa shape index (κ3) is 2.79. The van der Waals surface area contributed by atoms with Crippen molar-refractivity contribution in [3.63, 3.8) is 0 Å². The van der Waals surface area contributed by atoms with E-state index in [1.807, 2.05) is 6.92 Å². The molecule has 0 saturated heterocycles. The van der Waals surface area contributed by atoms with Crippen LogP contribution in [0.1, 0.15) is 23.9 Å². The van der Waals surface area contributed by atoms with E-state index in [9.17, 15) is 4.79 Å². The molecule has 2 rings (SSSR count). The minimum absolute atomic E-state index is 0.0819. The van der Waals surface area contributed by atoms with Crippen LogP contribution in [0.3, 0.4) is 0 Å². The summed E-state index contributed by atoms with van der Waals surface area (Å²) in [5.74, 6) is 0.765. The van der Waals surface area contributed by atoms with Gasteiger partial charge in [-0.15, -0.1) is 0 Å². The van der Waals surface area contributed by atoms with Crippen molar-refractivity contribution in [1.82, 2.24) is 4.98 Å². The highest BCUT2D eigenvalue weighted by atomic mass is 32.1. The van der Waals surface area contributed by atoms with Crippen LogP contribution in [0.15, 0.2) is 17.8 Å². The molecule has 0 unspecified atom stereocenters. The summed E-state index contributed by atoms with van der Waals surface area (Å²) in [6.07, 6.45) is 4.17. The summed E-state index contributed by atoms with van der Waals surface area (Å²) in [6, 6.07) is 0. The van der Waals surface area contributed by atoms with Gasteiger partial charge in [-0.1, -0.05) is 24.8 Å². The Morgan fingerprint density at radius 2 is 2.41 bits per heavy atom. The molecule has 5 heteroatoms. The second-order valence-electron chi connectivity index (χ2n) is 4.24. The van der Waals surface area contributed by atoms with Gasteiger partial charge in [0.1, 0.15) is 0 Å². The number of nitrogens with zero attached hydrogens (tertiary/aromatic N) is 2. The Morgan fingerprint density at radius 3 is 3.00 bits per heavy atom. The molecule has 1 aromatic rings. The molecule has 90 valence electrons. The van der Waals surface area contributed by atoms with Crippen LogP contribution in [-0.4, -0.2) is 17.1 Å². The van der Waals surface area contributed by atoms with Crippen molar-refractivity contribution in [1.29, 1.82) is 0 Å². The third-order valence-corrected chi connectivity index (χ3v) is 3.81. The van der Waals surface area contributed by atoms with E-state index < -0.39 is 0 Å². The van der Waals surface area contributed by atoms with Gasteiger partial charge in [0.25, 0.3) is 0 Å². The van der Waals surface area contributed by atoms with E-state index in [1.54, 1.807) is 6.21 Å². The minimum atomic E-state index is 0.0819. The van der Waals surface area contributed by atoms with E-state index >= 15 is 0 Å². The number of hydrogen-bond acceptors (Lipinski definition) is 4. The average Bonchev–Trinajstić information content (AvgIpc) is 2.91. The van der Waals surface area contributed by atoms with Gasteiger partial charge in [0.15, 0.2) is 5.13 Å². The standard InChI is InChI=1S/C12H15N3OS/c1-4-13-6-10-8(3)14-12(17-10)15-11(16)9-5-7(9)2/h4,6-7,9H,1,5H2,2-3H3,(H,14,15,16)/t7-,9-/m1/s1. The Balaban J connectivity index is 2.04. The van der Waals surface area contributed by atoms with Crippen molar-refractivity contribution in [3.8, 4) is 0 Å². The van der Waals surface area contributed by atoms with Gasteiger partial charge >= 0.3 is 0 Å². The number of aromatic nitrogens is 1. The van der Waals surface area contributed by atoms with Crippen molar-refractivity contribution in [2.75, 3.05) is 5.32 Å². The molecule has 1 amide bonds. The Morgan fingerprint density at radius 1 is 1.71 bits per heavy atom. The van der Waals surface area contributed by atoms with Crippen LogP contribution < -0.4 is 5.32 Å². The SMILES string of the molecule is C=CN=Cc1sc(NC(=O)[C@@H]2C[C@H]2C)nc1C. The zero-order chi connectivity index (χ0) is 12.4. The lowest BCUT2D eigenvalue weighted by atomic mass is 10.3. The largest absolute Gasteiger partial charge is 0.302 e. The summed E-state index contributed by atoms with van der Waals surface area (Å²) in [6.45, 7) is 7.50. The maximum atomic E-state index is 11.7. The molecule has 1 aliphatic carbocycles. The quantitative estimate of drug-likeness (QED) is 0.834. The number of nitrogens with one attached hydrogen (secondary N) is 1. The number of aryl methyl sites for hydroxylation is 1. The molecule has 0 bridgehead atoms. The van der Waals surface area contributed by atoms with E-state index in [4.69, 9.17) is 0 Å². The molecular weight excluding hydrogens is 234 g/mol. The number of thiazole rings is 1. The van der Waals surface area contributed by atoms with E-state index in [2.05, 4.69) is 28.8 Å². The Hall–Kier alpha value is -1.49. The molecule has 0 aliphatic heterocycles. The fourth-order valence-electron chi connectivity index (χ4n) is 1.59. The summed E-state index contributed by atoms with van der Waals surface area (Å²) < 4.78 is 0. The summed E-state index contributed by atoms with van der Waals surface area (Å²) in [4.78, 5) is 20.9. The molecule has 2 atom stereocenters. The molecule has 1 heterocycles. The van der Waals surface area contributed by atoms with Crippen LogP contribution in [0.5, 0.6) is 0 Å². The average molecular weight is 249 g/mol. The van der Waals surface area contributed by atoms with E-state index in [-0.39, 0.29) is 11.8 Å². The molecule has 1 fully saturated rings. The van der Waals surface area contributed by atoms with Crippen molar-refractivity contribution in [3.05, 3.63) is 23.3 Å². The Kier molecular flexibility index (Phi) is 3.38. The lowest BCUT2D eigenvalue weighted by Crippen LogP contribution is -2.14. The summed E-state index contributed by atoms with van der Waals surface area (Å²) in [7, 11) is 0. The second kappa shape index (κ2) is 4.79. The number of carbonyl (C=O) groups is 1. The molecule has 0 radical (unpaired) electrons. The molecule has 1 saturated carbocycles. The Bertz CT molecular complexity index is 478. The van der Waals surface area contributed by atoms with E-state index in [1.165, 1.54) is 17.5 Å². The highest BCUT2D eigenvalue weighted by Crippen LogP contribution is 2.38. The topological polar surface area (TPSA) is 54.4 Å². The predicted octanol–water partition coefficient (Wildman–Crippen LogP) is 2.61. The monoisotopic (exact) mass is 249 g/mol. The first-order valence-electron chi connectivity index (χ1n) is 5.54. The van der Waals surface area contributed by atoms with Gasteiger partial charge in [0.05, 0.1) is 10.6 Å². The molecule has 1 aromatic heterocycles. The van der Waals surface area contributed by atoms with Crippen LogP contribution in [0, 0.1) is 18.8 Å². The normalized spacial score (nSPS) is 22.7. The third-order valence-electron chi connectivity index (χ3n) is 2.81. The predicted molar refractivity (Wildman–Crippen MR) is 70.5 cm³/mol. The second-order valence-corrected chi connectivity index (χ2v) is 5.27. The van der Waals surface area contributed by atoms with Crippen LogP contribution in [0.25, 0.3) is 0 Å². The van der Waals surface area contributed by atoms with Crippen molar-refractivity contribution < 1.29 is 4.79 Å². The molecular formula is C12H15N3OS. The molecule has 0 spiro atoms. The number of carbonyl (C=O) groups excluding carboxylic acids is 1. The highest BCUT2D eigenvalue weighted by Gasteiger charge is 2.39. The molecule has 17 heavy (non-hydrogen) atoms. The number of anilines is 1. The van der Waals surface area contributed by atoms with Crippen LogP contribution >= 0.6 is 11.3 Å². The number of aliphatic imine (C=N–C) groups is 1. The zero-order valence-corrected chi connectivity index (χ0v) is 10.8. The van der Waals surface area contributed by atoms with Gasteiger partial charge in [-0.3, -0.25) is 9.79 Å². The summed E-state index contributed by atoms with van der Waals surface area (Å²) in [5, 5.41) is 3.50. The molecule has 1 aliphatic rings. The zero-order valence-electron chi connectivity index (χ0n) is 9.93. The maximum absolute atomic E-state index is 11.7. The van der Waals surface area contributed by atoms with Gasteiger partial charge in [0.2, 0.25) is 5.91 Å². The number of hydrogen-bond donors (Lipinski definition) is 1. The highest BCUT2D eigenvalue weighted by molar-refractivity contribution is 7.17. The van der Waals surface area contributed by atoms with Crippen LogP contribution in [0.2, 0.25) is 0 Å². The fourth-order valence-corrected chi connectivity index (χ4v) is 2.44. The van der Waals surface area contributed by atoms with Gasteiger partial charge in [-0.2, -0.15) is 0 Å². The Labute approximate surface area is 104 Å². The molecule has 0 aromatic carbocycles. The van der Waals surface area contributed by atoms with Crippen LogP contribution in [-0.2, 0) is 4.79 Å². The summed E-state index contributed by atoms with van der Waals surface area (Å²) >= 11 is 1.43. The lowest BCUT2D eigenvalue weighted by molar-refractivity contribution is -0.117. The van der Waals surface area contributed by atoms with Gasteiger partial charge in [-0.05, 0) is 19.3 Å². The van der Waals surface area contributed by atoms with Gasteiger partial charge in [0, 0.05) is 18.3 Å². The van der Waals surface area contributed by atoms with Crippen molar-refractivity contribution in [2.24, 2.45) is 16.8 Å². The summed E-state index contributed by atoms with van der Waals surface area (Å²) in [5.41, 5.74) is 0.875. The van der Waals surface area contributed by atoms with E-state index in [0.29, 0.717) is 11.0 Å². The number of rotatable bonds is 4. The smallest absolute Gasteiger partial charge is 0.229 e. The van der Waals surface area contributed by atoms with Gasteiger partial charge < -0.3 is 5.32 Å². The fraction of sp³-hybridized carbons (Fsp3) is 0.417. The van der Waals surface area contributed by atoms with E-state index in [0.717, 1.165) is 17.0 Å². The first-order chi connectivity index (χ1) is 8.11. The maximum Gasteiger partial charge on any atom is 0.229 e. The number of amides is 1. The first-order valence-corrected chi connectivity index (χ1v) is 6.36. The van der Waals surface area contributed by atoms with Gasteiger partial charge in [-0.25, -0.2) is 4.98 Å². The molecule has 4 nitrogen and oxygen atoms in total. The van der Waals surface area contributed by atoms with Crippen LogP contribution in [0.4, 0.5) is 5.13 Å².